The molecule has 0 fully saturated rings. The highest BCUT2D eigenvalue weighted by Crippen LogP contribution is 2.38. The summed E-state index contributed by atoms with van der Waals surface area (Å²) in [4.78, 5) is 26.3. The highest BCUT2D eigenvalue weighted by atomic mass is 35.5. The van der Waals surface area contributed by atoms with E-state index in [9.17, 15) is 9.59 Å². The maximum atomic E-state index is 12.3. The fraction of sp³-hybridized carbons (Fsp3) is 0.333. The number of hydrogen-bond donors (Lipinski definition) is 2. The summed E-state index contributed by atoms with van der Waals surface area (Å²) in [5, 5.41) is 6.20. The van der Waals surface area contributed by atoms with Gasteiger partial charge in [0.2, 0.25) is 0 Å². The summed E-state index contributed by atoms with van der Waals surface area (Å²) in [6, 6.07) is 3.38. The van der Waals surface area contributed by atoms with Crippen molar-refractivity contribution in [1.82, 2.24) is 5.32 Å². The van der Waals surface area contributed by atoms with Crippen molar-refractivity contribution in [2.45, 2.75) is 25.7 Å². The van der Waals surface area contributed by atoms with Crippen molar-refractivity contribution in [2.24, 2.45) is 0 Å². The van der Waals surface area contributed by atoms with E-state index in [2.05, 4.69) is 10.6 Å². The number of aryl methyl sites for hydroxylation is 1. The normalized spacial score (nSPS) is 13.5. The van der Waals surface area contributed by atoms with E-state index in [1.807, 2.05) is 0 Å². The van der Waals surface area contributed by atoms with E-state index in [0.717, 1.165) is 31.2 Å². The Morgan fingerprint density at radius 3 is 2.59 bits per heavy atom. The number of halogens is 1. The summed E-state index contributed by atoms with van der Waals surface area (Å²) in [5.41, 5.74) is 1.72. The zero-order chi connectivity index (χ0) is 15.7. The van der Waals surface area contributed by atoms with Crippen LogP contribution in [0.1, 0.15) is 43.3 Å². The van der Waals surface area contributed by atoms with E-state index in [1.54, 1.807) is 19.2 Å². The number of anilines is 1. The first-order valence-electron chi connectivity index (χ1n) is 7.03. The Hall–Kier alpha value is -1.37. The van der Waals surface area contributed by atoms with Crippen molar-refractivity contribution in [1.29, 1.82) is 0 Å². The molecule has 0 atom stereocenters. The second-order valence-electron chi connectivity index (χ2n) is 5.05. The van der Waals surface area contributed by atoms with Gasteiger partial charge in [-0.1, -0.05) is 11.6 Å². The summed E-state index contributed by atoms with van der Waals surface area (Å²) in [6.07, 6.45) is 4.09. The number of rotatable bonds is 3. The van der Waals surface area contributed by atoms with Crippen LogP contribution in [0.3, 0.4) is 0 Å². The van der Waals surface area contributed by atoms with E-state index >= 15 is 0 Å². The third-order valence-corrected chi connectivity index (χ3v) is 6.09. The molecule has 3 rings (SSSR count). The van der Waals surface area contributed by atoms with Crippen molar-refractivity contribution in [2.75, 3.05) is 12.4 Å². The molecule has 2 heterocycles. The monoisotopic (exact) mass is 354 g/mol. The van der Waals surface area contributed by atoms with Gasteiger partial charge >= 0.3 is 0 Å². The van der Waals surface area contributed by atoms with E-state index in [-0.39, 0.29) is 11.8 Å². The van der Waals surface area contributed by atoms with Crippen LogP contribution >= 0.6 is 34.3 Å². The van der Waals surface area contributed by atoms with E-state index in [4.69, 9.17) is 11.6 Å². The molecular weight excluding hydrogens is 340 g/mol. The SMILES string of the molecule is CNC(=O)c1c(NC(=O)c2ccc(Cl)s2)sc2c1CCCC2. The number of hydrogen-bond acceptors (Lipinski definition) is 4. The van der Waals surface area contributed by atoms with Crippen LogP contribution in [0.2, 0.25) is 4.34 Å². The van der Waals surface area contributed by atoms with Gasteiger partial charge < -0.3 is 10.6 Å². The van der Waals surface area contributed by atoms with Gasteiger partial charge in [-0.2, -0.15) is 0 Å². The molecule has 116 valence electrons. The van der Waals surface area contributed by atoms with Crippen LogP contribution in [-0.4, -0.2) is 18.9 Å². The Labute approximate surface area is 141 Å². The van der Waals surface area contributed by atoms with Gasteiger partial charge in [-0.05, 0) is 43.4 Å². The third-order valence-electron chi connectivity index (χ3n) is 3.65. The molecule has 0 saturated heterocycles. The second-order valence-corrected chi connectivity index (χ2v) is 7.87. The quantitative estimate of drug-likeness (QED) is 0.876. The van der Waals surface area contributed by atoms with Crippen LogP contribution in [0.25, 0.3) is 0 Å². The lowest BCUT2D eigenvalue weighted by atomic mass is 9.95. The zero-order valence-electron chi connectivity index (χ0n) is 12.0. The van der Waals surface area contributed by atoms with Gasteiger partial charge in [0.25, 0.3) is 11.8 Å². The number of amides is 2. The lowest BCUT2D eigenvalue weighted by Crippen LogP contribution is -2.22. The second kappa shape index (κ2) is 6.40. The lowest BCUT2D eigenvalue weighted by molar-refractivity contribution is 0.0963. The summed E-state index contributed by atoms with van der Waals surface area (Å²) in [7, 11) is 1.61. The molecule has 0 saturated carbocycles. The van der Waals surface area contributed by atoms with Crippen molar-refractivity contribution >= 4 is 51.1 Å². The summed E-state index contributed by atoms with van der Waals surface area (Å²) in [6.45, 7) is 0. The Bertz CT molecular complexity index is 736. The fourth-order valence-corrected chi connectivity index (χ4v) is 4.84. The third kappa shape index (κ3) is 2.91. The molecule has 2 aromatic heterocycles. The first-order valence-corrected chi connectivity index (χ1v) is 9.04. The van der Waals surface area contributed by atoms with E-state index < -0.39 is 0 Å². The number of carbonyl (C=O) groups excluding carboxylic acids is 2. The van der Waals surface area contributed by atoms with Crippen molar-refractivity contribution < 1.29 is 9.59 Å². The first kappa shape index (κ1) is 15.5. The fourth-order valence-electron chi connectivity index (χ4n) is 2.62. The van der Waals surface area contributed by atoms with Gasteiger partial charge in [-0.15, -0.1) is 22.7 Å². The Morgan fingerprint density at radius 1 is 1.14 bits per heavy atom. The van der Waals surface area contributed by atoms with Gasteiger partial charge in [0, 0.05) is 11.9 Å². The number of fused-ring (bicyclic) bond motifs is 1. The molecule has 0 unspecified atom stereocenters. The predicted octanol–water partition coefficient (Wildman–Crippen LogP) is 3.95. The standard InChI is InChI=1S/C15H15ClN2O2S2/c1-17-14(20)12-8-4-2-3-5-9(8)22-15(12)18-13(19)10-6-7-11(16)21-10/h6-7H,2-5H2,1H3,(H,17,20)(H,18,19). The molecule has 1 aliphatic rings. The largest absolute Gasteiger partial charge is 0.355 e. The predicted molar refractivity (Wildman–Crippen MR) is 91.6 cm³/mol. The molecule has 0 spiro atoms. The van der Waals surface area contributed by atoms with Crippen molar-refractivity contribution in [3.8, 4) is 0 Å². The van der Waals surface area contributed by atoms with Crippen molar-refractivity contribution in [3.05, 3.63) is 37.4 Å². The summed E-state index contributed by atoms with van der Waals surface area (Å²) in [5.74, 6) is -0.362. The molecule has 4 nitrogen and oxygen atoms in total. The molecular formula is C15H15ClN2O2S2. The molecule has 2 N–H and O–H groups in total. The van der Waals surface area contributed by atoms with Crippen LogP contribution in [0.15, 0.2) is 12.1 Å². The van der Waals surface area contributed by atoms with E-state index in [0.29, 0.717) is 19.8 Å². The Kier molecular flexibility index (Phi) is 4.52. The molecule has 0 aliphatic heterocycles. The van der Waals surface area contributed by atoms with Crippen LogP contribution in [0.4, 0.5) is 5.00 Å². The minimum Gasteiger partial charge on any atom is -0.355 e. The highest BCUT2D eigenvalue weighted by Gasteiger charge is 2.26. The average molecular weight is 355 g/mol. The molecule has 2 aromatic rings. The van der Waals surface area contributed by atoms with Crippen LogP contribution in [0.5, 0.6) is 0 Å². The molecule has 0 aromatic carbocycles. The topological polar surface area (TPSA) is 58.2 Å². The lowest BCUT2D eigenvalue weighted by Gasteiger charge is -2.12. The molecule has 22 heavy (non-hydrogen) atoms. The maximum Gasteiger partial charge on any atom is 0.266 e. The molecule has 0 bridgehead atoms. The number of carbonyl (C=O) groups is 2. The average Bonchev–Trinajstić information content (AvgIpc) is 3.09. The van der Waals surface area contributed by atoms with Crippen LogP contribution in [0, 0.1) is 0 Å². The summed E-state index contributed by atoms with van der Waals surface area (Å²) < 4.78 is 0.571. The van der Waals surface area contributed by atoms with Gasteiger partial charge in [0.1, 0.15) is 5.00 Å². The molecule has 2 amide bonds. The Morgan fingerprint density at radius 2 is 1.91 bits per heavy atom. The Balaban J connectivity index is 1.94. The van der Waals surface area contributed by atoms with Crippen molar-refractivity contribution in [3.63, 3.8) is 0 Å². The zero-order valence-corrected chi connectivity index (χ0v) is 14.4. The molecule has 7 heteroatoms. The minimum absolute atomic E-state index is 0.140. The van der Waals surface area contributed by atoms with E-state index in [1.165, 1.54) is 27.6 Å². The minimum atomic E-state index is -0.222. The van der Waals surface area contributed by atoms with Gasteiger partial charge in [0.05, 0.1) is 14.8 Å². The number of nitrogens with one attached hydrogen (secondary N) is 2. The van der Waals surface area contributed by atoms with Crippen LogP contribution < -0.4 is 10.6 Å². The highest BCUT2D eigenvalue weighted by molar-refractivity contribution is 7.18. The molecule has 1 aliphatic carbocycles. The van der Waals surface area contributed by atoms with Crippen LogP contribution in [-0.2, 0) is 12.8 Å². The smallest absolute Gasteiger partial charge is 0.266 e. The van der Waals surface area contributed by atoms with Gasteiger partial charge in [-0.25, -0.2) is 0 Å². The molecule has 0 radical (unpaired) electrons. The van der Waals surface area contributed by atoms with Gasteiger partial charge in [0.15, 0.2) is 0 Å². The van der Waals surface area contributed by atoms with Gasteiger partial charge in [-0.3, -0.25) is 9.59 Å². The first-order chi connectivity index (χ1) is 10.6. The summed E-state index contributed by atoms with van der Waals surface area (Å²) >= 11 is 8.61. The number of thiophene rings is 2. The maximum absolute atomic E-state index is 12.3.